The lowest BCUT2D eigenvalue weighted by molar-refractivity contribution is 0.582. The minimum Gasteiger partial charge on any atom is -0.388 e. The monoisotopic (exact) mass is 890 g/mol. The van der Waals surface area contributed by atoms with Crippen LogP contribution in [0.3, 0.4) is 0 Å². The fourth-order valence-electron chi connectivity index (χ4n) is 9.24. The highest BCUT2D eigenvalue weighted by Crippen LogP contribution is 2.56. The van der Waals surface area contributed by atoms with Crippen molar-refractivity contribution in [1.29, 1.82) is 0 Å². The molecule has 0 saturated heterocycles. The number of allylic oxidation sites excluding steroid dienone is 17. The second kappa shape index (κ2) is 27.8. The number of hydrogen-bond acceptors (Lipinski definition) is 1. The van der Waals surface area contributed by atoms with Crippen LogP contribution in [-0.2, 0) is 0 Å². The van der Waals surface area contributed by atoms with Gasteiger partial charge in [0.2, 0.25) is 0 Å². The van der Waals surface area contributed by atoms with Gasteiger partial charge in [-0.2, -0.15) is 0 Å². The highest BCUT2D eigenvalue weighted by molar-refractivity contribution is 5.97. The van der Waals surface area contributed by atoms with Crippen molar-refractivity contribution in [2.45, 2.75) is 100.0 Å². The van der Waals surface area contributed by atoms with Crippen molar-refractivity contribution in [3.63, 3.8) is 0 Å². The molecule has 8 rings (SSSR count). The molecule has 0 amide bonds. The Bertz CT molecular complexity index is 2640. The van der Waals surface area contributed by atoms with Crippen LogP contribution in [0.1, 0.15) is 122 Å². The van der Waals surface area contributed by atoms with Crippen LogP contribution < -0.4 is 5.32 Å². The van der Waals surface area contributed by atoms with E-state index in [-0.39, 0.29) is 17.9 Å². The van der Waals surface area contributed by atoms with E-state index in [1.807, 2.05) is 90.2 Å². The molecule has 67 heavy (non-hydrogen) atoms. The van der Waals surface area contributed by atoms with Gasteiger partial charge in [-0.15, -0.1) is 0 Å². The molecule has 2 bridgehead atoms. The molecule has 5 aromatic rings. The van der Waals surface area contributed by atoms with E-state index in [0.717, 1.165) is 23.3 Å². The van der Waals surface area contributed by atoms with Crippen LogP contribution >= 0.6 is 0 Å². The predicted molar refractivity (Wildman–Crippen MR) is 300 cm³/mol. The molecule has 1 aliphatic heterocycles. The molecule has 3 unspecified atom stereocenters. The summed E-state index contributed by atoms with van der Waals surface area (Å²) in [6, 6.07) is 30.1. The van der Waals surface area contributed by atoms with Gasteiger partial charge >= 0.3 is 0 Å². The summed E-state index contributed by atoms with van der Waals surface area (Å²) in [6.07, 6.45) is 39.5. The maximum absolute atomic E-state index is 4.70. The molecule has 0 spiro atoms. The molecule has 2 aromatic heterocycles. The standard InChI is InChI=1S/C49H53N3.C6H6.C5H8.2C2H6/c1-10-14-16-23-34(7)42(41(33(5)6)31-36(35(8)50-9)24-17-15-11-2)32-37(13-4)51-43-27-20-19-26-39(43)48-46(51)30-29-40-47-38-25-18-21-28-44(38)52(49(40)48)45(47)22-12-3;1-2-4-6-5-3-1;1-2-4-5-3-1;2*1-2/h10-31,33,40,42,49-50H,2,7-8,32H2,1,3-6,9H3;1-6H;1-2H,3-5H2;2*1-2H3/b14-10-,17-15-,22-12-,23-16-,36-24+,37-13+,41-31+;;;;. The minimum atomic E-state index is 0.0459. The van der Waals surface area contributed by atoms with Crippen LogP contribution in [0.5, 0.6) is 0 Å². The number of hydrogen-bond donors (Lipinski definition) is 1. The fraction of sp³-hybridized carbons (Fsp3) is 0.281. The van der Waals surface area contributed by atoms with Crippen LogP contribution in [0.2, 0.25) is 0 Å². The third-order valence-electron chi connectivity index (χ3n) is 12.2. The second-order valence-corrected chi connectivity index (χ2v) is 16.5. The smallest absolute Gasteiger partial charge is 0.0723 e. The van der Waals surface area contributed by atoms with Crippen LogP contribution in [0.4, 0.5) is 0 Å². The van der Waals surface area contributed by atoms with Crippen molar-refractivity contribution in [3.05, 3.63) is 235 Å². The quantitative estimate of drug-likeness (QED) is 0.0871. The zero-order valence-electron chi connectivity index (χ0n) is 42.5. The molecular weight excluding hydrogens is 811 g/mol. The van der Waals surface area contributed by atoms with E-state index in [1.165, 1.54) is 74.9 Å². The zero-order valence-corrected chi connectivity index (χ0v) is 42.5. The summed E-state index contributed by atoms with van der Waals surface area (Å²) in [5.74, 6) is 0.605. The summed E-state index contributed by atoms with van der Waals surface area (Å²) < 4.78 is 5.13. The average molecular weight is 890 g/mol. The van der Waals surface area contributed by atoms with E-state index < -0.39 is 0 Å². The molecule has 1 N–H and O–H groups in total. The molecule has 3 nitrogen and oxygen atoms in total. The Morgan fingerprint density at radius 3 is 1.91 bits per heavy atom. The lowest BCUT2D eigenvalue weighted by Gasteiger charge is -2.30. The fourth-order valence-corrected chi connectivity index (χ4v) is 9.24. The summed E-state index contributed by atoms with van der Waals surface area (Å²) in [6.45, 7) is 31.8. The third kappa shape index (κ3) is 12.7. The Morgan fingerprint density at radius 1 is 0.761 bits per heavy atom. The van der Waals surface area contributed by atoms with Crippen molar-refractivity contribution in [3.8, 4) is 0 Å². The van der Waals surface area contributed by atoms with Crippen molar-refractivity contribution in [2.75, 3.05) is 7.05 Å². The Labute approximate surface area is 405 Å². The molecule has 0 radical (unpaired) electrons. The summed E-state index contributed by atoms with van der Waals surface area (Å²) in [5.41, 5.74) is 13.5. The Morgan fingerprint density at radius 2 is 1.37 bits per heavy atom. The van der Waals surface area contributed by atoms with Gasteiger partial charge < -0.3 is 14.5 Å². The van der Waals surface area contributed by atoms with Crippen molar-refractivity contribution >= 4 is 39.7 Å². The van der Waals surface area contributed by atoms with Gasteiger partial charge in [-0.3, -0.25) is 0 Å². The van der Waals surface area contributed by atoms with Gasteiger partial charge in [0.05, 0.1) is 17.3 Å². The Hall–Kier alpha value is -6.58. The predicted octanol–water partition coefficient (Wildman–Crippen LogP) is 18.3. The van der Waals surface area contributed by atoms with E-state index >= 15 is 0 Å². The van der Waals surface area contributed by atoms with Crippen molar-refractivity contribution in [2.24, 2.45) is 11.8 Å². The number of benzene rings is 3. The van der Waals surface area contributed by atoms with Crippen LogP contribution in [-0.4, -0.2) is 16.2 Å². The molecule has 0 saturated carbocycles. The molecule has 3 heterocycles. The maximum Gasteiger partial charge on any atom is 0.0723 e. The van der Waals surface area contributed by atoms with Crippen LogP contribution in [0, 0.1) is 11.8 Å². The van der Waals surface area contributed by atoms with Gasteiger partial charge in [0, 0.05) is 57.8 Å². The van der Waals surface area contributed by atoms with Crippen molar-refractivity contribution in [1.82, 2.24) is 14.5 Å². The SMILES string of the molecule is C1=CCCC1.C=C\C=C/C=C(\C=C(/C(C)C)C(C/C(=C\C)n1c2c(c3ccccc31)C1C(C=C2)c2c(/C=C\C)n1c1ccccc21)C(=C)/C=C\C=C/C)C(=C)NC.CC.CC.c1ccccc1. The minimum absolute atomic E-state index is 0.0459. The van der Waals surface area contributed by atoms with Crippen LogP contribution in [0.15, 0.2) is 212 Å². The van der Waals surface area contributed by atoms with Gasteiger partial charge in [0.25, 0.3) is 0 Å². The van der Waals surface area contributed by atoms with E-state index in [2.05, 4.69) is 183 Å². The number of aromatic nitrogens is 2. The van der Waals surface area contributed by atoms with Gasteiger partial charge in [-0.1, -0.05) is 225 Å². The Balaban J connectivity index is 0.000000561. The lowest BCUT2D eigenvalue weighted by atomic mass is 9.80. The summed E-state index contributed by atoms with van der Waals surface area (Å²) in [7, 11) is 1.92. The van der Waals surface area contributed by atoms with Gasteiger partial charge in [0.15, 0.2) is 0 Å². The molecular formula is C64H79N3. The number of likely N-dealkylation sites (N-methyl/N-ethyl adjacent to an activating group) is 1. The first-order valence-electron chi connectivity index (χ1n) is 24.7. The number of nitrogens with zero attached hydrogens (tertiary/aromatic N) is 2. The molecule has 350 valence electrons. The zero-order chi connectivity index (χ0) is 48.7. The second-order valence-electron chi connectivity index (χ2n) is 16.5. The van der Waals surface area contributed by atoms with Gasteiger partial charge in [0.1, 0.15) is 0 Å². The van der Waals surface area contributed by atoms with E-state index in [1.54, 1.807) is 6.08 Å². The largest absolute Gasteiger partial charge is 0.388 e. The van der Waals surface area contributed by atoms with Gasteiger partial charge in [-0.25, -0.2) is 0 Å². The highest BCUT2D eigenvalue weighted by Gasteiger charge is 2.43. The first-order chi connectivity index (χ1) is 32.8. The molecule has 3 aliphatic rings. The lowest BCUT2D eigenvalue weighted by Crippen LogP contribution is -2.19. The highest BCUT2D eigenvalue weighted by atomic mass is 15.1. The molecule has 3 heteroatoms. The van der Waals surface area contributed by atoms with Crippen molar-refractivity contribution < 1.29 is 0 Å². The molecule has 2 aliphatic carbocycles. The Kier molecular flexibility index (Phi) is 22.0. The summed E-state index contributed by atoms with van der Waals surface area (Å²) >= 11 is 0. The maximum atomic E-state index is 4.70. The number of para-hydroxylation sites is 2. The van der Waals surface area contributed by atoms with E-state index in [0.29, 0.717) is 5.92 Å². The third-order valence-corrected chi connectivity index (χ3v) is 12.2. The van der Waals surface area contributed by atoms with Crippen LogP contribution in [0.25, 0.3) is 39.7 Å². The first-order valence-corrected chi connectivity index (χ1v) is 24.7. The van der Waals surface area contributed by atoms with Gasteiger partial charge in [-0.05, 0) is 93.4 Å². The number of rotatable bonds is 14. The number of nitrogens with one attached hydrogen (secondary N) is 1. The first kappa shape index (κ1) is 53.0. The number of fused-ring (bicyclic) bond motifs is 12. The topological polar surface area (TPSA) is 21.9 Å². The summed E-state index contributed by atoms with van der Waals surface area (Å²) in [4.78, 5) is 0. The normalized spacial score (nSPS) is 16.6. The average Bonchev–Trinajstić information content (AvgIpc) is 4.19. The molecule has 0 fully saturated rings. The van der Waals surface area contributed by atoms with E-state index in [4.69, 9.17) is 6.58 Å². The summed E-state index contributed by atoms with van der Waals surface area (Å²) in [5, 5.41) is 5.95. The molecule has 3 aromatic carbocycles. The van der Waals surface area contributed by atoms with E-state index in [9.17, 15) is 0 Å². The molecule has 3 atom stereocenters.